The van der Waals surface area contributed by atoms with E-state index in [1.165, 1.54) is 17.5 Å². The number of nitrogens with one attached hydrogen (secondary N) is 1. The first-order valence-electron chi connectivity index (χ1n) is 3.28. The van der Waals surface area contributed by atoms with E-state index in [0.29, 0.717) is 6.41 Å². The van der Waals surface area contributed by atoms with Crippen LogP contribution < -0.4 is 4.72 Å². The smallest absolute Gasteiger partial charge is 0.216 e. The highest BCUT2D eigenvalue weighted by atomic mass is 32.2. The van der Waals surface area contributed by atoms with Crippen molar-refractivity contribution < 1.29 is 4.79 Å². The summed E-state index contributed by atoms with van der Waals surface area (Å²) < 4.78 is 2.53. The molecular formula is C8H9NOS. The van der Waals surface area contributed by atoms with E-state index in [-0.39, 0.29) is 0 Å². The molecule has 0 saturated carbocycles. The van der Waals surface area contributed by atoms with Crippen molar-refractivity contribution in [2.24, 2.45) is 0 Å². The minimum absolute atomic E-state index is 0.688. The minimum Gasteiger partial charge on any atom is -0.303 e. The number of rotatable bonds is 4. The van der Waals surface area contributed by atoms with Gasteiger partial charge in [0.15, 0.2) is 0 Å². The van der Waals surface area contributed by atoms with E-state index < -0.39 is 0 Å². The predicted molar refractivity (Wildman–Crippen MR) is 46.9 cm³/mol. The predicted octanol–water partition coefficient (Wildman–Crippen LogP) is 1.58. The third-order valence-electron chi connectivity index (χ3n) is 1.21. The first-order valence-corrected chi connectivity index (χ1v) is 4.27. The molecule has 0 atom stereocenters. The van der Waals surface area contributed by atoms with Crippen molar-refractivity contribution >= 4 is 18.4 Å². The van der Waals surface area contributed by atoms with Gasteiger partial charge in [0.2, 0.25) is 6.41 Å². The summed E-state index contributed by atoms with van der Waals surface area (Å²) in [5.74, 6) is 0.819. The first kappa shape index (κ1) is 8.14. The van der Waals surface area contributed by atoms with Crippen molar-refractivity contribution in [3.05, 3.63) is 35.9 Å². The minimum atomic E-state index is 0.688. The van der Waals surface area contributed by atoms with Gasteiger partial charge in [-0.3, -0.25) is 4.79 Å². The van der Waals surface area contributed by atoms with Gasteiger partial charge in [-0.25, -0.2) is 0 Å². The molecule has 1 N–H and O–H groups in total. The maximum atomic E-state index is 9.86. The lowest BCUT2D eigenvalue weighted by molar-refractivity contribution is -0.107. The molecule has 1 rings (SSSR count). The second kappa shape index (κ2) is 4.79. The first-order chi connectivity index (χ1) is 5.43. The Morgan fingerprint density at radius 2 is 2.09 bits per heavy atom. The standard InChI is InChI=1S/C8H9NOS/c10-7-9-11-6-8-4-2-1-3-5-8/h1-5,7H,6H2,(H,9,10). The number of amides is 1. The SMILES string of the molecule is O=CNSCc1ccccc1. The van der Waals surface area contributed by atoms with Crippen LogP contribution in [0.4, 0.5) is 0 Å². The normalized spacial score (nSPS) is 9.09. The lowest BCUT2D eigenvalue weighted by atomic mass is 10.2. The van der Waals surface area contributed by atoms with Crippen molar-refractivity contribution in [3.63, 3.8) is 0 Å². The zero-order valence-electron chi connectivity index (χ0n) is 5.99. The molecule has 0 spiro atoms. The van der Waals surface area contributed by atoms with Gasteiger partial charge < -0.3 is 4.72 Å². The highest BCUT2D eigenvalue weighted by Gasteiger charge is 1.88. The van der Waals surface area contributed by atoms with Crippen LogP contribution in [0.1, 0.15) is 5.56 Å². The van der Waals surface area contributed by atoms with Gasteiger partial charge in [-0.1, -0.05) is 30.3 Å². The van der Waals surface area contributed by atoms with Crippen molar-refractivity contribution in [1.29, 1.82) is 0 Å². The summed E-state index contributed by atoms with van der Waals surface area (Å²) >= 11 is 1.39. The molecule has 0 bridgehead atoms. The summed E-state index contributed by atoms with van der Waals surface area (Å²) in [6.45, 7) is 0. The van der Waals surface area contributed by atoms with Crippen LogP contribution in [0.3, 0.4) is 0 Å². The second-order valence-corrected chi connectivity index (χ2v) is 2.82. The van der Waals surface area contributed by atoms with Gasteiger partial charge in [-0.15, -0.1) is 0 Å². The molecule has 0 aliphatic rings. The van der Waals surface area contributed by atoms with Gasteiger partial charge in [0.05, 0.1) is 0 Å². The maximum absolute atomic E-state index is 9.86. The zero-order valence-corrected chi connectivity index (χ0v) is 6.80. The van der Waals surface area contributed by atoms with Crippen LogP contribution in [0.2, 0.25) is 0 Å². The summed E-state index contributed by atoms with van der Waals surface area (Å²) in [5.41, 5.74) is 1.21. The van der Waals surface area contributed by atoms with Crippen LogP contribution in [-0.2, 0) is 10.5 Å². The van der Waals surface area contributed by atoms with E-state index in [0.717, 1.165) is 5.75 Å². The van der Waals surface area contributed by atoms with Crippen molar-refractivity contribution in [3.8, 4) is 0 Å². The average molecular weight is 167 g/mol. The molecule has 58 valence electrons. The lowest BCUT2D eigenvalue weighted by Gasteiger charge is -1.97. The zero-order chi connectivity index (χ0) is 7.94. The monoisotopic (exact) mass is 167 g/mol. The highest BCUT2D eigenvalue weighted by Crippen LogP contribution is 2.06. The molecule has 0 heterocycles. The van der Waals surface area contributed by atoms with Crippen molar-refractivity contribution in [2.45, 2.75) is 5.75 Å². The molecule has 3 heteroatoms. The Kier molecular flexibility index (Phi) is 3.55. The highest BCUT2D eigenvalue weighted by molar-refractivity contribution is 7.97. The third kappa shape index (κ3) is 3.09. The lowest BCUT2D eigenvalue weighted by Crippen LogP contribution is -1.98. The fourth-order valence-corrected chi connectivity index (χ4v) is 1.24. The summed E-state index contributed by atoms with van der Waals surface area (Å²) in [6, 6.07) is 9.99. The van der Waals surface area contributed by atoms with Crippen LogP contribution in [-0.4, -0.2) is 6.41 Å². The molecule has 0 unspecified atom stereocenters. The number of carbonyl (C=O) groups excluding carboxylic acids is 1. The average Bonchev–Trinajstić information content (AvgIpc) is 2.07. The molecule has 0 radical (unpaired) electrons. The second-order valence-electron chi connectivity index (χ2n) is 2.01. The Labute approximate surface area is 70.1 Å². The molecular weight excluding hydrogens is 158 g/mol. The van der Waals surface area contributed by atoms with E-state index in [4.69, 9.17) is 0 Å². The fourth-order valence-electron chi connectivity index (χ4n) is 0.733. The quantitative estimate of drug-likeness (QED) is 0.419. The van der Waals surface area contributed by atoms with Gasteiger partial charge in [0.25, 0.3) is 0 Å². The van der Waals surface area contributed by atoms with E-state index in [2.05, 4.69) is 4.72 Å². The summed E-state index contributed by atoms with van der Waals surface area (Å²) in [4.78, 5) is 9.86. The van der Waals surface area contributed by atoms with Crippen LogP contribution in [0.5, 0.6) is 0 Å². The maximum Gasteiger partial charge on any atom is 0.216 e. The topological polar surface area (TPSA) is 29.1 Å². The fraction of sp³-hybridized carbons (Fsp3) is 0.125. The Hall–Kier alpha value is -0.960. The Morgan fingerprint density at radius 3 is 2.73 bits per heavy atom. The molecule has 1 amide bonds. The molecule has 1 aromatic carbocycles. The van der Waals surface area contributed by atoms with E-state index in [1.54, 1.807) is 0 Å². The van der Waals surface area contributed by atoms with Crippen LogP contribution in [0, 0.1) is 0 Å². The number of carbonyl (C=O) groups is 1. The molecule has 11 heavy (non-hydrogen) atoms. The number of hydrogen-bond donors (Lipinski definition) is 1. The van der Waals surface area contributed by atoms with E-state index >= 15 is 0 Å². The van der Waals surface area contributed by atoms with Crippen LogP contribution >= 0.6 is 11.9 Å². The van der Waals surface area contributed by atoms with Gasteiger partial charge in [-0.2, -0.15) is 0 Å². The summed E-state index contributed by atoms with van der Waals surface area (Å²) in [6.07, 6.45) is 0.688. The van der Waals surface area contributed by atoms with Crippen molar-refractivity contribution in [1.82, 2.24) is 4.72 Å². The Morgan fingerprint density at radius 1 is 1.36 bits per heavy atom. The molecule has 1 aromatic rings. The number of benzene rings is 1. The molecule has 0 aromatic heterocycles. The van der Waals surface area contributed by atoms with Gasteiger partial charge >= 0.3 is 0 Å². The van der Waals surface area contributed by atoms with Crippen LogP contribution in [0.25, 0.3) is 0 Å². The largest absolute Gasteiger partial charge is 0.303 e. The van der Waals surface area contributed by atoms with Crippen molar-refractivity contribution in [2.75, 3.05) is 0 Å². The Bertz CT molecular complexity index is 213. The Balaban J connectivity index is 2.33. The van der Waals surface area contributed by atoms with Gasteiger partial charge in [0, 0.05) is 5.75 Å². The van der Waals surface area contributed by atoms with Gasteiger partial charge in [0.1, 0.15) is 0 Å². The third-order valence-corrected chi connectivity index (χ3v) is 1.95. The van der Waals surface area contributed by atoms with E-state index in [1.807, 2.05) is 30.3 Å². The summed E-state index contributed by atoms with van der Waals surface area (Å²) in [5, 5.41) is 0. The summed E-state index contributed by atoms with van der Waals surface area (Å²) in [7, 11) is 0. The molecule has 0 saturated heterocycles. The van der Waals surface area contributed by atoms with E-state index in [9.17, 15) is 4.79 Å². The molecule has 0 fully saturated rings. The molecule has 2 nitrogen and oxygen atoms in total. The molecule has 0 aliphatic heterocycles. The number of hydrogen-bond acceptors (Lipinski definition) is 2. The van der Waals surface area contributed by atoms with Crippen LogP contribution in [0.15, 0.2) is 30.3 Å². The van der Waals surface area contributed by atoms with Gasteiger partial charge in [-0.05, 0) is 17.5 Å². The molecule has 0 aliphatic carbocycles.